The maximum atomic E-state index is 12.3. The van der Waals surface area contributed by atoms with Gasteiger partial charge in [-0.3, -0.25) is 9.78 Å². The van der Waals surface area contributed by atoms with Crippen LogP contribution in [-0.2, 0) is 16.0 Å². The molecule has 1 aliphatic carbocycles. The van der Waals surface area contributed by atoms with Crippen molar-refractivity contribution in [1.29, 1.82) is 0 Å². The average molecular weight is 517 g/mol. The van der Waals surface area contributed by atoms with Crippen LogP contribution in [-0.4, -0.2) is 32.4 Å². The lowest BCUT2D eigenvalue weighted by Gasteiger charge is -2.41. The number of aliphatic hydroxyl groups excluding tert-OH is 1. The highest BCUT2D eigenvalue weighted by Gasteiger charge is 2.76. The van der Waals surface area contributed by atoms with Gasteiger partial charge in [0.1, 0.15) is 5.75 Å². The number of halogens is 2. The van der Waals surface area contributed by atoms with Gasteiger partial charge in [0.15, 0.2) is 11.2 Å². The zero-order chi connectivity index (χ0) is 22.7. The Morgan fingerprint density at radius 3 is 2.47 bits per heavy atom. The van der Waals surface area contributed by atoms with Crippen LogP contribution in [0.5, 0.6) is 5.75 Å². The first kappa shape index (κ1) is 21.4. The summed E-state index contributed by atoms with van der Waals surface area (Å²) >= 11 is 9.91. The fourth-order valence-corrected chi connectivity index (χ4v) is 6.05. The molecule has 0 unspecified atom stereocenters. The van der Waals surface area contributed by atoms with Crippen LogP contribution in [0.25, 0.3) is 0 Å². The van der Waals surface area contributed by atoms with E-state index in [9.17, 15) is 20.1 Å². The number of rotatable bonds is 4. The molecule has 3 aromatic rings. The number of aliphatic hydroxyl groups is 2. The fraction of sp³-hybridized carbons (Fsp3) is 0.250. The van der Waals surface area contributed by atoms with Gasteiger partial charge in [-0.1, -0.05) is 70.0 Å². The number of nitrogens with zero attached hydrogens (tertiary/aromatic N) is 1. The smallest absolute Gasteiger partial charge is 0.303 e. The second-order valence-electron chi connectivity index (χ2n) is 8.20. The van der Waals surface area contributed by atoms with Crippen molar-refractivity contribution < 1.29 is 24.9 Å². The Labute approximate surface area is 197 Å². The average Bonchev–Trinajstić information content (AvgIpc) is 3.14. The number of aliphatic carboxylic acids is 1. The minimum atomic E-state index is -2.00. The standard InChI is InChI=1S/C24H19BrClNO5/c25-15-8-6-14(7-9-15)24-20(13-4-2-1-3-5-13)16(10-19(28)29)22(30)23(24,31)21-17(26)11-27-12-18(21)32-24/h1-9,11-12,16,20,22,30-31H,10H2,(H,28,29)/t16-,20-,22-,23+,24+/m1/s1. The molecule has 2 aromatic carbocycles. The summed E-state index contributed by atoms with van der Waals surface area (Å²) in [6.07, 6.45) is 1.02. The monoisotopic (exact) mass is 515 g/mol. The lowest BCUT2D eigenvalue weighted by molar-refractivity contribution is -0.153. The summed E-state index contributed by atoms with van der Waals surface area (Å²) < 4.78 is 7.34. The number of carboxylic acid groups (broad SMARTS) is 1. The number of ether oxygens (including phenoxy) is 1. The number of aromatic nitrogens is 1. The quantitative estimate of drug-likeness (QED) is 0.480. The van der Waals surface area contributed by atoms with E-state index in [4.69, 9.17) is 16.3 Å². The molecule has 1 fully saturated rings. The van der Waals surface area contributed by atoms with Gasteiger partial charge in [-0.2, -0.15) is 0 Å². The van der Waals surface area contributed by atoms with E-state index in [1.807, 2.05) is 42.5 Å². The first-order valence-corrected chi connectivity index (χ1v) is 11.2. The van der Waals surface area contributed by atoms with Crippen molar-refractivity contribution in [2.75, 3.05) is 0 Å². The minimum Gasteiger partial charge on any atom is -0.481 e. The van der Waals surface area contributed by atoms with Crippen LogP contribution in [0.1, 0.15) is 29.0 Å². The van der Waals surface area contributed by atoms with Gasteiger partial charge in [-0.25, -0.2) is 0 Å². The molecule has 5 atom stereocenters. The molecular formula is C24H19BrClNO5. The van der Waals surface area contributed by atoms with Gasteiger partial charge >= 0.3 is 5.97 Å². The van der Waals surface area contributed by atoms with Gasteiger partial charge in [0, 0.05) is 22.5 Å². The van der Waals surface area contributed by atoms with Gasteiger partial charge in [-0.15, -0.1) is 0 Å². The molecule has 32 heavy (non-hydrogen) atoms. The van der Waals surface area contributed by atoms with Crippen molar-refractivity contribution in [2.45, 2.75) is 29.6 Å². The predicted molar refractivity (Wildman–Crippen MR) is 121 cm³/mol. The predicted octanol–water partition coefficient (Wildman–Crippen LogP) is 4.22. The molecule has 0 bridgehead atoms. The SMILES string of the molecule is O=C(O)C[C@H]1[C@@H](O)[C@@]2(O)c3c(Cl)cncc3O[C@@]2(c2ccc(Br)cc2)[C@@H]1c1ccccc1. The van der Waals surface area contributed by atoms with Crippen LogP contribution >= 0.6 is 27.5 Å². The normalized spacial score (nSPS) is 30.4. The zero-order valence-corrected chi connectivity index (χ0v) is 19.0. The number of fused-ring (bicyclic) bond motifs is 3. The summed E-state index contributed by atoms with van der Waals surface area (Å²) in [4.78, 5) is 15.9. The summed E-state index contributed by atoms with van der Waals surface area (Å²) in [5.41, 5.74) is -1.97. The third-order valence-electron chi connectivity index (χ3n) is 6.63. The fourth-order valence-electron chi connectivity index (χ4n) is 5.49. The Bertz CT molecular complexity index is 1190. The molecule has 0 saturated heterocycles. The number of hydrogen-bond donors (Lipinski definition) is 3. The van der Waals surface area contributed by atoms with E-state index >= 15 is 0 Å². The van der Waals surface area contributed by atoms with Crippen LogP contribution in [0.4, 0.5) is 0 Å². The van der Waals surface area contributed by atoms with E-state index in [0.717, 1.165) is 10.0 Å². The van der Waals surface area contributed by atoms with E-state index < -0.39 is 35.1 Å². The summed E-state index contributed by atoms with van der Waals surface area (Å²) in [5, 5.41) is 33.7. The highest BCUT2D eigenvalue weighted by atomic mass is 79.9. The molecule has 1 aliphatic heterocycles. The van der Waals surface area contributed by atoms with E-state index in [-0.39, 0.29) is 22.8 Å². The Morgan fingerprint density at radius 1 is 1.12 bits per heavy atom. The molecule has 0 radical (unpaired) electrons. The van der Waals surface area contributed by atoms with Crippen molar-refractivity contribution in [3.63, 3.8) is 0 Å². The molecular weight excluding hydrogens is 498 g/mol. The molecule has 0 spiro atoms. The minimum absolute atomic E-state index is 0.144. The van der Waals surface area contributed by atoms with Gasteiger partial charge in [-0.05, 0) is 23.3 Å². The Morgan fingerprint density at radius 2 is 1.81 bits per heavy atom. The second-order valence-corrected chi connectivity index (χ2v) is 9.52. The topological polar surface area (TPSA) is 99.9 Å². The summed E-state index contributed by atoms with van der Waals surface area (Å²) in [5.74, 6) is -2.35. The van der Waals surface area contributed by atoms with E-state index in [1.54, 1.807) is 12.1 Å². The molecule has 2 aliphatic rings. The number of carbonyl (C=O) groups is 1. The van der Waals surface area contributed by atoms with Crippen molar-refractivity contribution in [3.05, 3.63) is 93.2 Å². The van der Waals surface area contributed by atoms with Crippen LogP contribution in [0.15, 0.2) is 71.5 Å². The van der Waals surface area contributed by atoms with Crippen LogP contribution in [0.2, 0.25) is 5.02 Å². The first-order chi connectivity index (χ1) is 15.3. The number of hydrogen-bond acceptors (Lipinski definition) is 5. The molecule has 2 heterocycles. The highest BCUT2D eigenvalue weighted by molar-refractivity contribution is 9.10. The lowest BCUT2D eigenvalue weighted by Crippen LogP contribution is -2.52. The van der Waals surface area contributed by atoms with E-state index in [1.165, 1.54) is 12.4 Å². The molecule has 5 rings (SSSR count). The van der Waals surface area contributed by atoms with Crippen molar-refractivity contribution in [3.8, 4) is 5.75 Å². The maximum Gasteiger partial charge on any atom is 0.303 e. The van der Waals surface area contributed by atoms with E-state index in [0.29, 0.717) is 5.56 Å². The van der Waals surface area contributed by atoms with Crippen LogP contribution in [0, 0.1) is 5.92 Å². The van der Waals surface area contributed by atoms with Gasteiger partial charge in [0.2, 0.25) is 0 Å². The molecule has 164 valence electrons. The Balaban J connectivity index is 1.86. The zero-order valence-electron chi connectivity index (χ0n) is 16.7. The van der Waals surface area contributed by atoms with Crippen LogP contribution in [0.3, 0.4) is 0 Å². The third-order valence-corrected chi connectivity index (χ3v) is 7.44. The molecule has 8 heteroatoms. The second kappa shape index (κ2) is 7.56. The third kappa shape index (κ3) is 2.78. The maximum absolute atomic E-state index is 12.3. The number of carboxylic acids is 1. The lowest BCUT2D eigenvalue weighted by atomic mass is 9.70. The molecule has 3 N–H and O–H groups in total. The van der Waals surface area contributed by atoms with Crippen molar-refractivity contribution in [2.24, 2.45) is 5.92 Å². The Kier molecular flexibility index (Phi) is 5.05. The van der Waals surface area contributed by atoms with Crippen molar-refractivity contribution in [1.82, 2.24) is 4.98 Å². The molecule has 6 nitrogen and oxygen atoms in total. The summed E-state index contributed by atoms with van der Waals surface area (Å²) in [7, 11) is 0. The number of benzene rings is 2. The molecule has 0 amide bonds. The van der Waals surface area contributed by atoms with Gasteiger partial charge in [0.05, 0.1) is 29.3 Å². The highest BCUT2D eigenvalue weighted by Crippen LogP contribution is 2.69. The molecule has 1 saturated carbocycles. The van der Waals surface area contributed by atoms with Gasteiger partial charge < -0.3 is 20.1 Å². The largest absolute Gasteiger partial charge is 0.481 e. The van der Waals surface area contributed by atoms with Crippen molar-refractivity contribution >= 4 is 33.5 Å². The summed E-state index contributed by atoms with van der Waals surface area (Å²) in [6, 6.07) is 16.5. The van der Waals surface area contributed by atoms with Gasteiger partial charge in [0.25, 0.3) is 0 Å². The Hall–Kier alpha value is -2.45. The first-order valence-electron chi connectivity index (χ1n) is 10.1. The van der Waals surface area contributed by atoms with E-state index in [2.05, 4.69) is 20.9 Å². The number of pyridine rings is 1. The molecule has 1 aromatic heterocycles. The van der Waals surface area contributed by atoms with Crippen LogP contribution < -0.4 is 4.74 Å². The summed E-state index contributed by atoms with van der Waals surface area (Å²) in [6.45, 7) is 0.